The van der Waals surface area contributed by atoms with E-state index in [0.29, 0.717) is 0 Å². The van der Waals surface area contributed by atoms with Crippen molar-refractivity contribution < 1.29 is 19.5 Å². The van der Waals surface area contributed by atoms with E-state index in [1.54, 1.807) is 24.3 Å². The Balaban J connectivity index is 1.74. The largest absolute Gasteiger partial charge is 0.478 e. The van der Waals surface area contributed by atoms with Gasteiger partial charge in [0.2, 0.25) is 0 Å². The summed E-state index contributed by atoms with van der Waals surface area (Å²) in [6.07, 6.45) is 0. The fraction of sp³-hybridized carbons (Fsp3) is 0.231. The van der Waals surface area contributed by atoms with E-state index >= 15 is 0 Å². The number of benzene rings is 2. The molecule has 1 unspecified atom stereocenters. The first-order chi connectivity index (χ1) is 16.0. The summed E-state index contributed by atoms with van der Waals surface area (Å²) in [6, 6.07) is 18.3. The Labute approximate surface area is 198 Å². The van der Waals surface area contributed by atoms with Crippen LogP contribution in [0.3, 0.4) is 0 Å². The Hall–Kier alpha value is -4.20. The summed E-state index contributed by atoms with van der Waals surface area (Å²) in [6.45, 7) is 7.84. The quantitative estimate of drug-likeness (QED) is 0.402. The molecule has 8 nitrogen and oxygen atoms in total. The number of nitrogens with zero attached hydrogens (tertiary/aromatic N) is 1. The number of nitrogens with one attached hydrogen (secondary N) is 3. The Bertz CT molecular complexity index is 1200. The average molecular weight is 461 g/mol. The number of aromatic carboxylic acids is 1. The molecule has 3 amide bonds. The number of urea groups is 1. The van der Waals surface area contributed by atoms with Crippen LogP contribution in [0.25, 0.3) is 0 Å². The lowest BCUT2D eigenvalue weighted by atomic mass is 9.86. The van der Waals surface area contributed by atoms with Crippen molar-refractivity contribution in [3.63, 3.8) is 0 Å². The lowest BCUT2D eigenvalue weighted by Gasteiger charge is -2.21. The Kier molecular flexibility index (Phi) is 7.31. The van der Waals surface area contributed by atoms with Crippen LogP contribution in [0.4, 0.5) is 16.3 Å². The number of pyridine rings is 1. The van der Waals surface area contributed by atoms with Crippen molar-refractivity contribution in [3.8, 4) is 0 Å². The number of anilines is 2. The highest BCUT2D eigenvalue weighted by molar-refractivity contribution is 6.07. The summed E-state index contributed by atoms with van der Waals surface area (Å²) in [5.41, 5.74) is 1.78. The van der Waals surface area contributed by atoms with Crippen molar-refractivity contribution in [2.45, 2.75) is 39.2 Å². The molecule has 1 aromatic heterocycles. The van der Waals surface area contributed by atoms with Gasteiger partial charge in [-0.15, -0.1) is 0 Å². The van der Waals surface area contributed by atoms with Crippen LogP contribution >= 0.6 is 0 Å². The number of carboxylic acid groups (broad SMARTS) is 1. The lowest BCUT2D eigenvalue weighted by Crippen LogP contribution is -2.31. The molecule has 0 aliphatic carbocycles. The van der Waals surface area contributed by atoms with Gasteiger partial charge in [0.15, 0.2) is 0 Å². The zero-order valence-electron chi connectivity index (χ0n) is 19.5. The molecule has 0 spiro atoms. The van der Waals surface area contributed by atoms with Crippen molar-refractivity contribution >= 4 is 29.4 Å². The van der Waals surface area contributed by atoms with Crippen LogP contribution in [0, 0.1) is 0 Å². The highest BCUT2D eigenvalue weighted by Gasteiger charge is 2.20. The number of hydrogen-bond donors (Lipinski definition) is 4. The smallest absolute Gasteiger partial charge is 0.337 e. The second-order valence-corrected chi connectivity index (χ2v) is 8.91. The number of aromatic nitrogens is 1. The number of hydrogen-bond acceptors (Lipinski definition) is 4. The fourth-order valence-corrected chi connectivity index (χ4v) is 3.29. The molecule has 1 heterocycles. The van der Waals surface area contributed by atoms with E-state index in [2.05, 4.69) is 20.9 Å². The molecule has 0 aliphatic heterocycles. The van der Waals surface area contributed by atoms with E-state index in [-0.39, 0.29) is 34.2 Å². The topological polar surface area (TPSA) is 120 Å². The number of carbonyl (C=O) groups excluding carboxylic acids is 2. The van der Waals surface area contributed by atoms with Crippen molar-refractivity contribution in [2.24, 2.45) is 0 Å². The van der Waals surface area contributed by atoms with Crippen molar-refractivity contribution in [3.05, 3.63) is 89.1 Å². The SMILES string of the molecule is CC(NC(=O)Nc1cccc(C(=O)Nc2cc(C(C)(C)C)ccc2C(=O)O)n1)c1ccccc1. The average Bonchev–Trinajstić information content (AvgIpc) is 2.79. The maximum atomic E-state index is 12.9. The molecule has 2 aromatic carbocycles. The first-order valence-corrected chi connectivity index (χ1v) is 10.8. The summed E-state index contributed by atoms with van der Waals surface area (Å²) >= 11 is 0. The van der Waals surface area contributed by atoms with E-state index in [1.165, 1.54) is 12.1 Å². The predicted molar refractivity (Wildman–Crippen MR) is 131 cm³/mol. The van der Waals surface area contributed by atoms with Gasteiger partial charge < -0.3 is 15.7 Å². The summed E-state index contributed by atoms with van der Waals surface area (Å²) < 4.78 is 0. The van der Waals surface area contributed by atoms with Crippen LogP contribution in [0.5, 0.6) is 0 Å². The van der Waals surface area contributed by atoms with Crippen molar-refractivity contribution in [2.75, 3.05) is 10.6 Å². The molecule has 4 N–H and O–H groups in total. The zero-order chi connectivity index (χ0) is 24.9. The highest BCUT2D eigenvalue weighted by atomic mass is 16.4. The van der Waals surface area contributed by atoms with Gasteiger partial charge >= 0.3 is 12.0 Å². The highest BCUT2D eigenvalue weighted by Crippen LogP contribution is 2.27. The molecule has 0 aliphatic rings. The Morgan fingerprint density at radius 2 is 1.62 bits per heavy atom. The minimum absolute atomic E-state index is 0.0232. The molecule has 1 atom stereocenters. The first-order valence-electron chi connectivity index (χ1n) is 10.8. The monoisotopic (exact) mass is 460 g/mol. The fourth-order valence-electron chi connectivity index (χ4n) is 3.29. The third kappa shape index (κ3) is 6.19. The zero-order valence-corrected chi connectivity index (χ0v) is 19.5. The van der Waals surface area contributed by atoms with E-state index < -0.39 is 17.9 Å². The van der Waals surface area contributed by atoms with Gasteiger partial charge in [-0.25, -0.2) is 14.6 Å². The second kappa shape index (κ2) is 10.2. The van der Waals surface area contributed by atoms with Gasteiger partial charge in [0, 0.05) is 0 Å². The number of carboxylic acids is 1. The van der Waals surface area contributed by atoms with E-state index in [1.807, 2.05) is 58.0 Å². The van der Waals surface area contributed by atoms with Crippen LogP contribution in [0.15, 0.2) is 66.7 Å². The second-order valence-electron chi connectivity index (χ2n) is 8.91. The van der Waals surface area contributed by atoms with Gasteiger partial charge in [-0.3, -0.25) is 10.1 Å². The third-order valence-electron chi connectivity index (χ3n) is 5.23. The molecule has 3 aromatic rings. The van der Waals surface area contributed by atoms with Gasteiger partial charge in [0.05, 0.1) is 17.3 Å². The maximum absolute atomic E-state index is 12.9. The van der Waals surface area contributed by atoms with Crippen LogP contribution in [0.2, 0.25) is 0 Å². The molecule has 8 heteroatoms. The summed E-state index contributed by atoms with van der Waals surface area (Å²) in [4.78, 5) is 41.1. The number of carbonyl (C=O) groups is 3. The number of amides is 3. The molecule has 0 bridgehead atoms. The molecule has 176 valence electrons. The van der Waals surface area contributed by atoms with Gasteiger partial charge in [0.25, 0.3) is 5.91 Å². The summed E-state index contributed by atoms with van der Waals surface area (Å²) in [5, 5.41) is 17.6. The normalized spacial score (nSPS) is 11.9. The molecule has 3 rings (SSSR count). The Morgan fingerprint density at radius 3 is 2.26 bits per heavy atom. The molecule has 34 heavy (non-hydrogen) atoms. The standard InChI is InChI=1S/C26H28N4O4/c1-16(17-9-6-5-7-10-17)27-25(34)30-22-12-8-11-20(28-22)23(31)29-21-15-18(26(2,3)4)13-14-19(21)24(32)33/h5-16H,1-4H3,(H,29,31)(H,32,33)(H2,27,28,30,34). The van der Waals surface area contributed by atoms with Gasteiger partial charge in [0.1, 0.15) is 11.5 Å². The number of rotatable bonds is 6. The van der Waals surface area contributed by atoms with Crippen LogP contribution in [0.1, 0.15) is 65.7 Å². The summed E-state index contributed by atoms with van der Waals surface area (Å²) in [7, 11) is 0. The molecule has 0 radical (unpaired) electrons. The lowest BCUT2D eigenvalue weighted by molar-refractivity contribution is 0.0698. The predicted octanol–water partition coefficient (Wildman–Crippen LogP) is 5.21. The molecular formula is C26H28N4O4. The van der Waals surface area contributed by atoms with E-state index in [0.717, 1.165) is 11.1 Å². The van der Waals surface area contributed by atoms with Crippen LogP contribution in [-0.2, 0) is 5.41 Å². The van der Waals surface area contributed by atoms with E-state index in [9.17, 15) is 19.5 Å². The molecule has 0 fully saturated rings. The minimum atomic E-state index is -1.15. The van der Waals surface area contributed by atoms with E-state index in [4.69, 9.17) is 0 Å². The molecular weight excluding hydrogens is 432 g/mol. The maximum Gasteiger partial charge on any atom is 0.337 e. The van der Waals surface area contributed by atoms with Gasteiger partial charge in [-0.2, -0.15) is 0 Å². The molecule has 0 saturated heterocycles. The van der Waals surface area contributed by atoms with Gasteiger partial charge in [-0.1, -0.05) is 63.2 Å². The van der Waals surface area contributed by atoms with Crippen LogP contribution < -0.4 is 16.0 Å². The first kappa shape index (κ1) is 24.4. The molecule has 0 saturated carbocycles. The third-order valence-corrected chi connectivity index (χ3v) is 5.23. The van der Waals surface area contributed by atoms with Gasteiger partial charge in [-0.05, 0) is 47.7 Å². The summed E-state index contributed by atoms with van der Waals surface area (Å²) in [5.74, 6) is -1.55. The van der Waals surface area contributed by atoms with Crippen molar-refractivity contribution in [1.82, 2.24) is 10.3 Å². The van der Waals surface area contributed by atoms with Crippen LogP contribution in [-0.4, -0.2) is 28.0 Å². The van der Waals surface area contributed by atoms with Crippen molar-refractivity contribution in [1.29, 1.82) is 0 Å². The Morgan fingerprint density at radius 1 is 0.912 bits per heavy atom. The minimum Gasteiger partial charge on any atom is -0.478 e.